The Bertz CT molecular complexity index is 473. The van der Waals surface area contributed by atoms with Crippen molar-refractivity contribution in [2.24, 2.45) is 10.9 Å². The van der Waals surface area contributed by atoms with Gasteiger partial charge in [0.15, 0.2) is 5.96 Å². The summed E-state index contributed by atoms with van der Waals surface area (Å²) in [5, 5.41) is 6.44. The number of ether oxygens (including phenoxy) is 2. The molecule has 3 rings (SSSR count). The fourth-order valence-electron chi connectivity index (χ4n) is 4.19. The lowest BCUT2D eigenvalue weighted by molar-refractivity contribution is -0.125. The predicted octanol–water partition coefficient (Wildman–Crippen LogP) is 1.14. The summed E-state index contributed by atoms with van der Waals surface area (Å²) in [6.45, 7) is 4.50. The maximum atomic E-state index is 12.2. The van der Waals surface area contributed by atoms with Crippen LogP contribution in [0.15, 0.2) is 4.99 Å². The number of guanidine groups is 1. The van der Waals surface area contributed by atoms with Crippen molar-refractivity contribution >= 4 is 11.9 Å². The third-order valence-electron chi connectivity index (χ3n) is 5.67. The van der Waals surface area contributed by atoms with Gasteiger partial charge >= 0.3 is 0 Å². The van der Waals surface area contributed by atoms with E-state index in [9.17, 15) is 4.79 Å². The molecular weight excluding hydrogens is 332 g/mol. The molecule has 2 aliphatic heterocycles. The third kappa shape index (κ3) is 5.33. The Morgan fingerprint density at radius 2 is 1.77 bits per heavy atom. The van der Waals surface area contributed by atoms with Crippen molar-refractivity contribution in [2.75, 3.05) is 46.4 Å². The second-order valence-corrected chi connectivity index (χ2v) is 7.51. The number of carbonyl (C=O) groups is 1. The largest absolute Gasteiger partial charge is 0.375 e. The lowest BCUT2D eigenvalue weighted by Crippen LogP contribution is -2.54. The van der Waals surface area contributed by atoms with Crippen molar-refractivity contribution in [1.29, 1.82) is 0 Å². The van der Waals surface area contributed by atoms with Crippen LogP contribution in [0.4, 0.5) is 0 Å². The van der Waals surface area contributed by atoms with E-state index in [0.29, 0.717) is 19.7 Å². The van der Waals surface area contributed by atoms with Gasteiger partial charge in [0, 0.05) is 45.8 Å². The van der Waals surface area contributed by atoms with Crippen LogP contribution in [0.25, 0.3) is 0 Å². The normalized spacial score (nSPS) is 28.2. The van der Waals surface area contributed by atoms with E-state index >= 15 is 0 Å². The number of hydrogen-bond acceptors (Lipinski definition) is 4. The lowest BCUT2D eigenvalue weighted by atomic mass is 9.89. The molecule has 7 nitrogen and oxygen atoms in total. The van der Waals surface area contributed by atoms with Crippen LogP contribution in [-0.2, 0) is 14.3 Å². The lowest BCUT2D eigenvalue weighted by Gasteiger charge is -2.37. The van der Waals surface area contributed by atoms with Crippen LogP contribution in [-0.4, -0.2) is 75.4 Å². The van der Waals surface area contributed by atoms with Crippen molar-refractivity contribution in [3.8, 4) is 0 Å². The van der Waals surface area contributed by atoms with Gasteiger partial charge in [-0.3, -0.25) is 9.79 Å². The van der Waals surface area contributed by atoms with Gasteiger partial charge in [-0.2, -0.15) is 0 Å². The van der Waals surface area contributed by atoms with E-state index in [-0.39, 0.29) is 24.0 Å². The summed E-state index contributed by atoms with van der Waals surface area (Å²) in [4.78, 5) is 18.8. The molecule has 0 aromatic heterocycles. The Labute approximate surface area is 156 Å². The highest BCUT2D eigenvalue weighted by Crippen LogP contribution is 2.23. The van der Waals surface area contributed by atoms with E-state index in [2.05, 4.69) is 20.5 Å². The molecule has 0 aromatic rings. The van der Waals surface area contributed by atoms with Gasteiger partial charge < -0.3 is 25.0 Å². The van der Waals surface area contributed by atoms with E-state index in [4.69, 9.17) is 9.47 Å². The smallest absolute Gasteiger partial charge is 0.223 e. The number of amides is 1. The molecule has 1 aliphatic carbocycles. The summed E-state index contributed by atoms with van der Waals surface area (Å²) >= 11 is 0. The van der Waals surface area contributed by atoms with E-state index in [0.717, 1.165) is 51.3 Å². The molecule has 2 saturated heterocycles. The van der Waals surface area contributed by atoms with Crippen LogP contribution >= 0.6 is 0 Å². The highest BCUT2D eigenvalue weighted by molar-refractivity contribution is 5.80. The minimum atomic E-state index is 0.121. The van der Waals surface area contributed by atoms with Gasteiger partial charge in [-0.05, 0) is 25.7 Å². The molecule has 0 bridgehead atoms. The van der Waals surface area contributed by atoms with Gasteiger partial charge in [-0.15, -0.1) is 0 Å². The Balaban J connectivity index is 1.37. The standard InChI is InChI=1S/C19H34N4O3/c1-20-19(22-10-9-21-18(24)15-6-3-2-4-7-15)23-11-13-26-17(14-23)16-8-5-12-25-16/h15-17H,2-14H2,1H3,(H,20,22)(H,21,24). The quantitative estimate of drug-likeness (QED) is 0.434. The molecule has 1 amide bonds. The zero-order valence-electron chi connectivity index (χ0n) is 16.0. The van der Waals surface area contributed by atoms with Crippen molar-refractivity contribution in [1.82, 2.24) is 15.5 Å². The topological polar surface area (TPSA) is 75.2 Å². The molecule has 3 fully saturated rings. The van der Waals surface area contributed by atoms with Crippen LogP contribution in [0.1, 0.15) is 44.9 Å². The number of rotatable bonds is 5. The number of nitrogens with zero attached hydrogens (tertiary/aromatic N) is 2. The summed E-state index contributed by atoms with van der Waals surface area (Å²) < 4.78 is 11.7. The molecular formula is C19H34N4O3. The Kier molecular flexibility index (Phi) is 7.55. The number of hydrogen-bond donors (Lipinski definition) is 2. The fourth-order valence-corrected chi connectivity index (χ4v) is 4.19. The first-order valence-electron chi connectivity index (χ1n) is 10.2. The van der Waals surface area contributed by atoms with Crippen LogP contribution in [0.5, 0.6) is 0 Å². The SMILES string of the molecule is CN=C(NCCNC(=O)C1CCCCC1)N1CCOC(C2CCCO2)C1. The van der Waals surface area contributed by atoms with E-state index in [1.165, 1.54) is 19.3 Å². The molecule has 0 spiro atoms. The first-order chi connectivity index (χ1) is 12.8. The van der Waals surface area contributed by atoms with Gasteiger partial charge in [-0.1, -0.05) is 19.3 Å². The molecule has 148 valence electrons. The van der Waals surface area contributed by atoms with Crippen molar-refractivity contribution < 1.29 is 14.3 Å². The number of nitrogens with one attached hydrogen (secondary N) is 2. The Morgan fingerprint density at radius 1 is 1.00 bits per heavy atom. The maximum Gasteiger partial charge on any atom is 0.223 e. The molecule has 2 N–H and O–H groups in total. The summed E-state index contributed by atoms with van der Waals surface area (Å²) in [7, 11) is 1.81. The molecule has 3 aliphatic rings. The first kappa shape index (κ1) is 19.4. The molecule has 2 atom stereocenters. The number of carbonyl (C=O) groups excluding carboxylic acids is 1. The van der Waals surface area contributed by atoms with E-state index in [1.807, 2.05) is 0 Å². The minimum absolute atomic E-state index is 0.121. The summed E-state index contributed by atoms with van der Waals surface area (Å²) in [5.74, 6) is 1.31. The second-order valence-electron chi connectivity index (χ2n) is 7.51. The molecule has 2 unspecified atom stereocenters. The van der Waals surface area contributed by atoms with Gasteiger partial charge in [0.2, 0.25) is 5.91 Å². The maximum absolute atomic E-state index is 12.2. The highest BCUT2D eigenvalue weighted by Gasteiger charge is 2.32. The van der Waals surface area contributed by atoms with Crippen LogP contribution in [0.3, 0.4) is 0 Å². The monoisotopic (exact) mass is 366 g/mol. The molecule has 0 aromatic carbocycles. The molecule has 26 heavy (non-hydrogen) atoms. The molecule has 1 saturated carbocycles. The average molecular weight is 367 g/mol. The van der Waals surface area contributed by atoms with Gasteiger partial charge in [0.1, 0.15) is 6.10 Å². The Hall–Kier alpha value is -1.34. The molecule has 2 heterocycles. The van der Waals surface area contributed by atoms with Gasteiger partial charge in [0.05, 0.1) is 12.7 Å². The first-order valence-corrected chi connectivity index (χ1v) is 10.2. The van der Waals surface area contributed by atoms with E-state index in [1.54, 1.807) is 7.05 Å². The van der Waals surface area contributed by atoms with Crippen LogP contribution < -0.4 is 10.6 Å². The van der Waals surface area contributed by atoms with Crippen LogP contribution in [0, 0.1) is 5.92 Å². The van der Waals surface area contributed by atoms with Crippen molar-refractivity contribution in [2.45, 2.75) is 57.2 Å². The fraction of sp³-hybridized carbons (Fsp3) is 0.895. The molecule has 7 heteroatoms. The van der Waals surface area contributed by atoms with Crippen LogP contribution in [0.2, 0.25) is 0 Å². The van der Waals surface area contributed by atoms with Crippen molar-refractivity contribution in [3.05, 3.63) is 0 Å². The van der Waals surface area contributed by atoms with E-state index < -0.39 is 0 Å². The summed E-state index contributed by atoms with van der Waals surface area (Å²) in [6.07, 6.45) is 8.27. The summed E-state index contributed by atoms with van der Waals surface area (Å²) in [6, 6.07) is 0. The highest BCUT2D eigenvalue weighted by atomic mass is 16.5. The van der Waals surface area contributed by atoms with Gasteiger partial charge in [0.25, 0.3) is 0 Å². The number of morpholine rings is 1. The second kappa shape index (κ2) is 10.1. The minimum Gasteiger partial charge on any atom is -0.375 e. The number of aliphatic imine (C=N–C) groups is 1. The Morgan fingerprint density at radius 3 is 2.50 bits per heavy atom. The third-order valence-corrected chi connectivity index (χ3v) is 5.67. The zero-order chi connectivity index (χ0) is 18.2. The molecule has 0 radical (unpaired) electrons. The average Bonchev–Trinajstić information content (AvgIpc) is 3.23. The zero-order valence-corrected chi connectivity index (χ0v) is 16.0. The van der Waals surface area contributed by atoms with Gasteiger partial charge in [-0.25, -0.2) is 0 Å². The summed E-state index contributed by atoms with van der Waals surface area (Å²) in [5.41, 5.74) is 0. The predicted molar refractivity (Wildman–Crippen MR) is 101 cm³/mol. The van der Waals surface area contributed by atoms with Crippen molar-refractivity contribution in [3.63, 3.8) is 0 Å².